The summed E-state index contributed by atoms with van der Waals surface area (Å²) < 4.78 is 26.5. The average Bonchev–Trinajstić information content (AvgIpc) is 3.17. The molecule has 0 radical (unpaired) electrons. The van der Waals surface area contributed by atoms with Gasteiger partial charge in [0.15, 0.2) is 6.10 Å². The van der Waals surface area contributed by atoms with Crippen LogP contribution in [0.2, 0.25) is 0 Å². The first-order valence-electron chi connectivity index (χ1n) is 24.7. The topological polar surface area (TPSA) is 119 Å². The van der Waals surface area contributed by atoms with E-state index in [0.717, 1.165) is 38.0 Å². The van der Waals surface area contributed by atoms with Crippen LogP contribution in [0.5, 0.6) is 0 Å². The Morgan fingerprint density at radius 3 is 1.05 bits per heavy atom. The third-order valence-electron chi connectivity index (χ3n) is 11.3. The van der Waals surface area contributed by atoms with Crippen molar-refractivity contribution < 1.29 is 37.9 Å². The Hall–Kier alpha value is -0.950. The Bertz CT molecular complexity index is 907. The standard InChI is InChI=1S/C48H95O8P/c1-4-5-6-7-8-9-10-11-12-13-17-20-23-26-29-32-35-38-41-47(49)54-43-46(44-55-57(51,52)53)56-48(50)42-39-36-33-30-27-24-21-18-15-14-16-19-22-25-28-31-34-37-40-45(2)3/h45-46H,4-44H2,1-3H3,(H2,51,52,53)/t46-/m1/s1. The van der Waals surface area contributed by atoms with Crippen LogP contribution in [0.3, 0.4) is 0 Å². The van der Waals surface area contributed by atoms with E-state index in [0.29, 0.717) is 6.42 Å². The van der Waals surface area contributed by atoms with Crippen LogP contribution in [0.15, 0.2) is 0 Å². The summed E-state index contributed by atoms with van der Waals surface area (Å²) in [6.07, 6.45) is 46.9. The molecule has 9 heteroatoms. The number of rotatable bonds is 46. The predicted molar refractivity (Wildman–Crippen MR) is 239 cm³/mol. The summed E-state index contributed by atoms with van der Waals surface area (Å²) in [5, 5.41) is 0. The normalized spacial score (nSPS) is 12.4. The van der Waals surface area contributed by atoms with Crippen molar-refractivity contribution in [3.63, 3.8) is 0 Å². The highest BCUT2D eigenvalue weighted by Crippen LogP contribution is 2.36. The highest BCUT2D eigenvalue weighted by Gasteiger charge is 2.23. The molecule has 0 saturated heterocycles. The molecule has 0 aromatic heterocycles. The molecule has 0 heterocycles. The van der Waals surface area contributed by atoms with Crippen molar-refractivity contribution >= 4 is 19.8 Å². The van der Waals surface area contributed by atoms with Gasteiger partial charge in [0.1, 0.15) is 6.61 Å². The first-order chi connectivity index (χ1) is 27.6. The van der Waals surface area contributed by atoms with Gasteiger partial charge in [0.2, 0.25) is 0 Å². The fraction of sp³-hybridized carbons (Fsp3) is 0.958. The van der Waals surface area contributed by atoms with E-state index in [-0.39, 0.29) is 19.4 Å². The lowest BCUT2D eigenvalue weighted by molar-refractivity contribution is -0.161. The van der Waals surface area contributed by atoms with Gasteiger partial charge in [-0.2, -0.15) is 0 Å². The number of hydrogen-bond donors (Lipinski definition) is 2. The summed E-state index contributed by atoms with van der Waals surface area (Å²) >= 11 is 0. The van der Waals surface area contributed by atoms with Crippen LogP contribution in [0.1, 0.15) is 271 Å². The van der Waals surface area contributed by atoms with Crippen LogP contribution >= 0.6 is 7.82 Å². The first-order valence-corrected chi connectivity index (χ1v) is 26.2. The summed E-state index contributed by atoms with van der Waals surface area (Å²) in [6.45, 7) is 6.10. The Kier molecular flexibility index (Phi) is 42.4. The minimum absolute atomic E-state index is 0.220. The summed E-state index contributed by atoms with van der Waals surface area (Å²) in [5.41, 5.74) is 0. The maximum atomic E-state index is 12.5. The lowest BCUT2D eigenvalue weighted by Gasteiger charge is -2.18. The number of phosphoric acid groups is 1. The molecule has 0 amide bonds. The number of hydrogen-bond acceptors (Lipinski definition) is 6. The number of carbonyl (C=O) groups excluding carboxylic acids is 2. The number of phosphoric ester groups is 1. The Balaban J connectivity index is 3.77. The van der Waals surface area contributed by atoms with Crippen LogP contribution in [0.25, 0.3) is 0 Å². The van der Waals surface area contributed by atoms with Crippen LogP contribution in [-0.2, 0) is 28.2 Å². The Labute approximate surface area is 353 Å². The maximum absolute atomic E-state index is 12.5. The molecule has 2 N–H and O–H groups in total. The molecule has 0 rings (SSSR count). The van der Waals surface area contributed by atoms with Crippen molar-refractivity contribution in [1.82, 2.24) is 0 Å². The second-order valence-electron chi connectivity index (χ2n) is 17.6. The lowest BCUT2D eigenvalue weighted by Crippen LogP contribution is -2.29. The van der Waals surface area contributed by atoms with Gasteiger partial charge in [-0.3, -0.25) is 14.1 Å². The highest BCUT2D eigenvalue weighted by molar-refractivity contribution is 7.46. The second kappa shape index (κ2) is 43.1. The van der Waals surface area contributed by atoms with Crippen LogP contribution in [-0.4, -0.2) is 41.0 Å². The van der Waals surface area contributed by atoms with Crippen LogP contribution in [0, 0.1) is 5.92 Å². The van der Waals surface area contributed by atoms with E-state index in [9.17, 15) is 14.2 Å². The molecule has 0 aliphatic rings. The number of ether oxygens (including phenoxy) is 2. The summed E-state index contributed by atoms with van der Waals surface area (Å²) in [5.74, 6) is -0.0135. The fourth-order valence-corrected chi connectivity index (χ4v) is 7.98. The van der Waals surface area contributed by atoms with Gasteiger partial charge in [0.25, 0.3) is 0 Å². The molecule has 0 aromatic carbocycles. The molecule has 0 aliphatic carbocycles. The lowest BCUT2D eigenvalue weighted by atomic mass is 10.0. The van der Waals surface area contributed by atoms with Crippen molar-refractivity contribution in [3.8, 4) is 0 Å². The zero-order chi connectivity index (χ0) is 41.9. The quantitative estimate of drug-likeness (QED) is 0.0354. The number of carbonyl (C=O) groups is 2. The fourth-order valence-electron chi connectivity index (χ4n) is 7.62. The number of unbranched alkanes of at least 4 members (excludes halogenated alkanes) is 34. The molecule has 8 nitrogen and oxygen atoms in total. The zero-order valence-electron chi connectivity index (χ0n) is 37.9. The first kappa shape index (κ1) is 56.0. The van der Waals surface area contributed by atoms with E-state index in [4.69, 9.17) is 19.3 Å². The van der Waals surface area contributed by atoms with Crippen molar-refractivity contribution in [2.75, 3.05) is 13.2 Å². The van der Waals surface area contributed by atoms with Gasteiger partial charge in [-0.05, 0) is 18.8 Å². The summed E-state index contributed by atoms with van der Waals surface area (Å²) in [4.78, 5) is 43.0. The molecule has 1 atom stereocenters. The van der Waals surface area contributed by atoms with Gasteiger partial charge in [-0.15, -0.1) is 0 Å². The van der Waals surface area contributed by atoms with Gasteiger partial charge in [-0.25, -0.2) is 4.57 Å². The largest absolute Gasteiger partial charge is 0.469 e. The molecule has 57 heavy (non-hydrogen) atoms. The molecule has 0 unspecified atom stereocenters. The Morgan fingerprint density at radius 2 is 0.737 bits per heavy atom. The molecule has 0 aromatic rings. The minimum Gasteiger partial charge on any atom is -0.462 e. The van der Waals surface area contributed by atoms with E-state index < -0.39 is 32.5 Å². The van der Waals surface area contributed by atoms with Gasteiger partial charge in [0, 0.05) is 12.8 Å². The second-order valence-corrected chi connectivity index (χ2v) is 18.9. The molecule has 0 saturated carbocycles. The van der Waals surface area contributed by atoms with E-state index >= 15 is 0 Å². The van der Waals surface area contributed by atoms with E-state index in [1.807, 2.05) is 0 Å². The maximum Gasteiger partial charge on any atom is 0.469 e. The average molecular weight is 831 g/mol. The predicted octanol–water partition coefficient (Wildman–Crippen LogP) is 15.4. The van der Waals surface area contributed by atoms with Crippen molar-refractivity contribution in [3.05, 3.63) is 0 Å². The SMILES string of the molecule is CCCCCCCCCCCCCCCCCCCCC(=O)OC[C@H](COP(=O)(O)O)OC(=O)CCCCCCCCCCCCCCCCCCCCC(C)C. The van der Waals surface area contributed by atoms with Crippen molar-refractivity contribution in [2.45, 2.75) is 277 Å². The van der Waals surface area contributed by atoms with Gasteiger partial charge in [0.05, 0.1) is 6.61 Å². The summed E-state index contributed by atoms with van der Waals surface area (Å²) in [7, 11) is -4.75. The van der Waals surface area contributed by atoms with E-state index in [1.165, 1.54) is 199 Å². The zero-order valence-corrected chi connectivity index (χ0v) is 38.8. The van der Waals surface area contributed by atoms with Gasteiger partial charge < -0.3 is 19.3 Å². The molecule has 0 fully saturated rings. The molecular formula is C48H95O8P. The van der Waals surface area contributed by atoms with Crippen molar-refractivity contribution in [2.24, 2.45) is 5.92 Å². The third kappa shape index (κ3) is 47.6. The smallest absolute Gasteiger partial charge is 0.462 e. The molecule has 0 bridgehead atoms. The third-order valence-corrected chi connectivity index (χ3v) is 11.8. The molecular weight excluding hydrogens is 735 g/mol. The monoisotopic (exact) mass is 831 g/mol. The molecule has 0 aliphatic heterocycles. The van der Waals surface area contributed by atoms with E-state index in [1.54, 1.807) is 0 Å². The number of esters is 2. The van der Waals surface area contributed by atoms with Gasteiger partial charge in [-0.1, -0.05) is 245 Å². The van der Waals surface area contributed by atoms with Gasteiger partial charge >= 0.3 is 19.8 Å². The highest BCUT2D eigenvalue weighted by atomic mass is 31.2. The van der Waals surface area contributed by atoms with Crippen molar-refractivity contribution in [1.29, 1.82) is 0 Å². The molecule has 340 valence electrons. The van der Waals surface area contributed by atoms with E-state index in [2.05, 4.69) is 25.3 Å². The van der Waals surface area contributed by atoms with Crippen LogP contribution < -0.4 is 0 Å². The Morgan fingerprint density at radius 1 is 0.439 bits per heavy atom. The summed E-state index contributed by atoms with van der Waals surface area (Å²) in [6, 6.07) is 0. The minimum atomic E-state index is -4.75. The van der Waals surface area contributed by atoms with Crippen LogP contribution in [0.4, 0.5) is 0 Å². The molecule has 0 spiro atoms.